The average molecular weight is 352 g/mol. The molecule has 2 aromatic rings. The van der Waals surface area contributed by atoms with Crippen LogP contribution in [0.25, 0.3) is 10.8 Å². The first kappa shape index (κ1) is 18.9. The van der Waals surface area contributed by atoms with Crippen molar-refractivity contribution in [1.29, 1.82) is 0 Å². The van der Waals surface area contributed by atoms with E-state index in [0.717, 1.165) is 25.9 Å². The van der Waals surface area contributed by atoms with Gasteiger partial charge < -0.3 is 4.90 Å². The number of unbranched alkanes of at least 4 members (excludes halogenated alkanes) is 5. The third kappa shape index (κ3) is 5.86. The van der Waals surface area contributed by atoms with Gasteiger partial charge in [-0.2, -0.15) is 0 Å². The van der Waals surface area contributed by atoms with Gasteiger partial charge in [0.2, 0.25) is 5.91 Å². The van der Waals surface area contributed by atoms with Crippen LogP contribution in [0.15, 0.2) is 42.5 Å². The summed E-state index contributed by atoms with van der Waals surface area (Å²) in [7, 11) is 0. The number of piperidine rings is 1. The number of nitrogens with zero attached hydrogens (tertiary/aromatic N) is 1. The SMILES string of the molecule is O=C(CCCCCCCCc1ccc2ccccc2c1)N1CCCCC1. The molecular weight excluding hydrogens is 318 g/mol. The normalized spacial score (nSPS) is 14.7. The van der Waals surface area contributed by atoms with E-state index in [4.69, 9.17) is 0 Å². The van der Waals surface area contributed by atoms with Crippen LogP contribution >= 0.6 is 0 Å². The molecule has 0 aromatic heterocycles. The highest BCUT2D eigenvalue weighted by atomic mass is 16.2. The maximum atomic E-state index is 12.1. The minimum Gasteiger partial charge on any atom is -0.343 e. The number of hydrogen-bond acceptors (Lipinski definition) is 1. The molecule has 26 heavy (non-hydrogen) atoms. The zero-order valence-corrected chi connectivity index (χ0v) is 16.1. The number of hydrogen-bond donors (Lipinski definition) is 0. The van der Waals surface area contributed by atoms with E-state index in [-0.39, 0.29) is 0 Å². The van der Waals surface area contributed by atoms with Crippen molar-refractivity contribution >= 4 is 16.7 Å². The number of benzene rings is 2. The molecule has 2 heteroatoms. The first-order chi connectivity index (χ1) is 12.8. The Balaban J connectivity index is 1.23. The first-order valence-corrected chi connectivity index (χ1v) is 10.6. The van der Waals surface area contributed by atoms with Gasteiger partial charge in [-0.15, -0.1) is 0 Å². The fourth-order valence-corrected chi connectivity index (χ4v) is 4.01. The molecule has 1 aliphatic heterocycles. The number of carbonyl (C=O) groups excluding carboxylic acids is 1. The largest absolute Gasteiger partial charge is 0.343 e. The van der Waals surface area contributed by atoms with Crippen LogP contribution in [-0.4, -0.2) is 23.9 Å². The van der Waals surface area contributed by atoms with E-state index in [9.17, 15) is 4.79 Å². The molecule has 0 atom stereocenters. The van der Waals surface area contributed by atoms with Crippen molar-refractivity contribution < 1.29 is 4.79 Å². The van der Waals surface area contributed by atoms with Crippen LogP contribution in [0.1, 0.15) is 69.8 Å². The van der Waals surface area contributed by atoms with Gasteiger partial charge in [0.05, 0.1) is 0 Å². The molecule has 0 N–H and O–H groups in total. The maximum absolute atomic E-state index is 12.1. The lowest BCUT2D eigenvalue weighted by molar-refractivity contribution is -0.132. The zero-order chi connectivity index (χ0) is 18.0. The highest BCUT2D eigenvalue weighted by Crippen LogP contribution is 2.18. The number of fused-ring (bicyclic) bond motifs is 1. The fourth-order valence-electron chi connectivity index (χ4n) is 4.01. The highest BCUT2D eigenvalue weighted by molar-refractivity contribution is 5.83. The topological polar surface area (TPSA) is 20.3 Å². The minimum atomic E-state index is 0.390. The fraction of sp³-hybridized carbons (Fsp3) is 0.542. The molecule has 1 fully saturated rings. The summed E-state index contributed by atoms with van der Waals surface area (Å²) < 4.78 is 0. The molecule has 0 spiro atoms. The standard InChI is InChI=1S/C24H33NO/c26-24(25-18-10-5-11-19-25)15-7-4-2-1-3-6-12-21-16-17-22-13-8-9-14-23(22)20-21/h8-9,13-14,16-17,20H,1-7,10-12,15,18-19H2. The van der Waals surface area contributed by atoms with E-state index < -0.39 is 0 Å². The molecule has 1 heterocycles. The van der Waals surface area contributed by atoms with Crippen LogP contribution in [-0.2, 0) is 11.2 Å². The minimum absolute atomic E-state index is 0.390. The second-order valence-corrected chi connectivity index (χ2v) is 7.74. The van der Waals surface area contributed by atoms with Crippen molar-refractivity contribution in [3.8, 4) is 0 Å². The predicted octanol–water partition coefficient (Wildman–Crippen LogP) is 6.13. The van der Waals surface area contributed by atoms with Gasteiger partial charge in [0.25, 0.3) is 0 Å². The zero-order valence-electron chi connectivity index (χ0n) is 16.1. The average Bonchev–Trinajstić information content (AvgIpc) is 2.70. The van der Waals surface area contributed by atoms with Crippen LogP contribution < -0.4 is 0 Å². The molecule has 0 bridgehead atoms. The molecule has 0 unspecified atom stereocenters. The van der Waals surface area contributed by atoms with Crippen molar-refractivity contribution in [3.05, 3.63) is 48.0 Å². The van der Waals surface area contributed by atoms with Crippen LogP contribution in [0, 0.1) is 0 Å². The summed E-state index contributed by atoms with van der Waals surface area (Å²) in [4.78, 5) is 14.2. The smallest absolute Gasteiger partial charge is 0.222 e. The Labute approximate surface area is 158 Å². The Morgan fingerprint density at radius 2 is 1.46 bits per heavy atom. The van der Waals surface area contributed by atoms with Gasteiger partial charge in [-0.05, 0) is 54.9 Å². The van der Waals surface area contributed by atoms with E-state index in [0.29, 0.717) is 5.91 Å². The predicted molar refractivity (Wildman–Crippen MR) is 110 cm³/mol. The van der Waals surface area contributed by atoms with Crippen LogP contribution in [0.5, 0.6) is 0 Å². The van der Waals surface area contributed by atoms with Gasteiger partial charge >= 0.3 is 0 Å². The molecule has 2 aromatic carbocycles. The van der Waals surface area contributed by atoms with E-state index in [1.54, 1.807) is 0 Å². The second-order valence-electron chi connectivity index (χ2n) is 7.74. The molecule has 140 valence electrons. The van der Waals surface area contributed by atoms with Crippen molar-refractivity contribution in [3.63, 3.8) is 0 Å². The molecule has 3 rings (SSSR count). The summed E-state index contributed by atoms with van der Waals surface area (Å²) in [6.45, 7) is 1.99. The summed E-state index contributed by atoms with van der Waals surface area (Å²) >= 11 is 0. The van der Waals surface area contributed by atoms with Gasteiger partial charge in [0.1, 0.15) is 0 Å². The molecule has 2 nitrogen and oxygen atoms in total. The molecule has 1 saturated heterocycles. The molecule has 0 saturated carbocycles. The summed E-state index contributed by atoms with van der Waals surface area (Å²) in [6, 6.07) is 15.4. The highest BCUT2D eigenvalue weighted by Gasteiger charge is 2.15. The van der Waals surface area contributed by atoms with E-state index in [2.05, 4.69) is 47.4 Å². The Bertz CT molecular complexity index is 687. The Kier molecular flexibility index (Phi) is 7.54. The number of carbonyl (C=O) groups is 1. The Morgan fingerprint density at radius 1 is 0.769 bits per heavy atom. The molecule has 0 radical (unpaired) electrons. The molecule has 1 amide bonds. The van der Waals surface area contributed by atoms with Gasteiger partial charge in [-0.3, -0.25) is 4.79 Å². The maximum Gasteiger partial charge on any atom is 0.222 e. The summed E-state index contributed by atoms with van der Waals surface area (Å²) in [6.07, 6.45) is 13.0. The van der Waals surface area contributed by atoms with Crippen LogP contribution in [0.2, 0.25) is 0 Å². The van der Waals surface area contributed by atoms with Gasteiger partial charge in [-0.25, -0.2) is 0 Å². The summed E-state index contributed by atoms with van der Waals surface area (Å²) in [5, 5.41) is 2.68. The number of amides is 1. The van der Waals surface area contributed by atoms with Crippen molar-refractivity contribution in [1.82, 2.24) is 4.90 Å². The number of aryl methyl sites for hydroxylation is 1. The number of likely N-dealkylation sites (tertiary alicyclic amines) is 1. The van der Waals surface area contributed by atoms with Crippen molar-refractivity contribution in [2.45, 2.75) is 70.6 Å². The van der Waals surface area contributed by atoms with Gasteiger partial charge in [-0.1, -0.05) is 68.1 Å². The Morgan fingerprint density at radius 3 is 2.27 bits per heavy atom. The molecule has 0 aliphatic carbocycles. The van der Waals surface area contributed by atoms with Crippen LogP contribution in [0.3, 0.4) is 0 Å². The summed E-state index contributed by atoms with van der Waals surface area (Å²) in [5.74, 6) is 0.390. The van der Waals surface area contributed by atoms with E-state index in [1.807, 2.05) is 0 Å². The third-order valence-corrected chi connectivity index (χ3v) is 5.63. The molecule has 1 aliphatic rings. The van der Waals surface area contributed by atoms with Gasteiger partial charge in [0, 0.05) is 19.5 Å². The number of rotatable bonds is 9. The van der Waals surface area contributed by atoms with E-state index >= 15 is 0 Å². The molecular formula is C24H33NO. The van der Waals surface area contributed by atoms with E-state index in [1.165, 1.54) is 74.1 Å². The lowest BCUT2D eigenvalue weighted by Crippen LogP contribution is -2.35. The van der Waals surface area contributed by atoms with Crippen LogP contribution in [0.4, 0.5) is 0 Å². The van der Waals surface area contributed by atoms with Gasteiger partial charge in [0.15, 0.2) is 0 Å². The second kappa shape index (κ2) is 10.4. The van der Waals surface area contributed by atoms with Crippen molar-refractivity contribution in [2.75, 3.05) is 13.1 Å². The van der Waals surface area contributed by atoms with Crippen molar-refractivity contribution in [2.24, 2.45) is 0 Å². The Hall–Kier alpha value is -1.83. The quantitative estimate of drug-likeness (QED) is 0.498. The lowest BCUT2D eigenvalue weighted by atomic mass is 10.0. The first-order valence-electron chi connectivity index (χ1n) is 10.6. The lowest BCUT2D eigenvalue weighted by Gasteiger charge is -2.26. The monoisotopic (exact) mass is 351 g/mol. The third-order valence-electron chi connectivity index (χ3n) is 5.63. The summed E-state index contributed by atoms with van der Waals surface area (Å²) in [5.41, 5.74) is 1.45.